The number of amides is 1. The number of halogens is 1. The molecule has 0 rings (SSSR count). The SMILES string of the molecule is CCOC(=O)NS(=O)(=O)N(C)CC(C)Br. The van der Waals surface area contributed by atoms with Crippen LogP contribution in [0, 0.1) is 0 Å². The van der Waals surface area contributed by atoms with E-state index in [1.54, 1.807) is 18.6 Å². The Kier molecular flexibility index (Phi) is 6.15. The average Bonchev–Trinajstić information content (AvgIpc) is 2.01. The first-order valence-corrected chi connectivity index (χ1v) is 6.70. The van der Waals surface area contributed by atoms with Gasteiger partial charge < -0.3 is 4.74 Å². The van der Waals surface area contributed by atoms with Crippen molar-refractivity contribution < 1.29 is 17.9 Å². The van der Waals surface area contributed by atoms with Crippen LogP contribution in [0.5, 0.6) is 0 Å². The summed E-state index contributed by atoms with van der Waals surface area (Å²) in [6.07, 6.45) is -0.966. The Morgan fingerprint density at radius 2 is 2.13 bits per heavy atom. The highest BCUT2D eigenvalue weighted by Crippen LogP contribution is 2.03. The van der Waals surface area contributed by atoms with Gasteiger partial charge in [0.25, 0.3) is 0 Å². The van der Waals surface area contributed by atoms with Crippen LogP contribution in [0.1, 0.15) is 13.8 Å². The number of rotatable bonds is 5. The monoisotopic (exact) mass is 302 g/mol. The van der Waals surface area contributed by atoms with Crippen LogP contribution in [0.25, 0.3) is 0 Å². The summed E-state index contributed by atoms with van der Waals surface area (Å²) in [7, 11) is -2.42. The summed E-state index contributed by atoms with van der Waals surface area (Å²) in [6, 6.07) is 0. The van der Waals surface area contributed by atoms with Crippen molar-refractivity contribution >= 4 is 32.2 Å². The van der Waals surface area contributed by atoms with E-state index in [1.165, 1.54) is 7.05 Å². The van der Waals surface area contributed by atoms with Crippen LogP contribution in [0.4, 0.5) is 4.79 Å². The second kappa shape index (κ2) is 6.29. The van der Waals surface area contributed by atoms with Crippen molar-refractivity contribution in [3.05, 3.63) is 0 Å². The molecule has 0 aliphatic heterocycles. The lowest BCUT2D eigenvalue weighted by Gasteiger charge is -2.18. The standard InChI is InChI=1S/C7H15BrN2O4S/c1-4-14-7(11)9-15(12,13)10(3)5-6(2)8/h6H,4-5H2,1-3H3,(H,9,11). The third kappa shape index (κ3) is 5.95. The minimum Gasteiger partial charge on any atom is -0.449 e. The number of alkyl halides is 1. The summed E-state index contributed by atoms with van der Waals surface area (Å²) < 4.78 is 30.2. The van der Waals surface area contributed by atoms with Crippen molar-refractivity contribution in [2.24, 2.45) is 0 Å². The predicted molar refractivity (Wildman–Crippen MR) is 60.1 cm³/mol. The predicted octanol–water partition coefficient (Wildman–Crippen LogP) is 0.693. The molecule has 90 valence electrons. The lowest BCUT2D eigenvalue weighted by atomic mass is 10.5. The van der Waals surface area contributed by atoms with Gasteiger partial charge in [-0.05, 0) is 6.92 Å². The van der Waals surface area contributed by atoms with Gasteiger partial charge >= 0.3 is 16.3 Å². The highest BCUT2D eigenvalue weighted by atomic mass is 79.9. The van der Waals surface area contributed by atoms with Crippen molar-refractivity contribution in [2.45, 2.75) is 18.7 Å². The van der Waals surface area contributed by atoms with Gasteiger partial charge in [0.15, 0.2) is 0 Å². The van der Waals surface area contributed by atoms with Gasteiger partial charge in [-0.2, -0.15) is 12.7 Å². The van der Waals surface area contributed by atoms with Crippen LogP contribution in [-0.2, 0) is 14.9 Å². The number of nitrogens with zero attached hydrogens (tertiary/aromatic N) is 1. The molecule has 1 unspecified atom stereocenters. The fourth-order valence-electron chi connectivity index (χ4n) is 0.796. The summed E-state index contributed by atoms with van der Waals surface area (Å²) >= 11 is 3.21. The number of ether oxygens (including phenoxy) is 1. The molecule has 1 atom stereocenters. The van der Waals surface area contributed by atoms with E-state index in [2.05, 4.69) is 20.7 Å². The van der Waals surface area contributed by atoms with Crippen molar-refractivity contribution in [3.63, 3.8) is 0 Å². The quantitative estimate of drug-likeness (QED) is 0.758. The van der Waals surface area contributed by atoms with Crippen LogP contribution >= 0.6 is 15.9 Å². The van der Waals surface area contributed by atoms with Gasteiger partial charge in [-0.3, -0.25) is 0 Å². The van der Waals surface area contributed by atoms with E-state index < -0.39 is 16.3 Å². The van der Waals surface area contributed by atoms with Crippen molar-refractivity contribution in [3.8, 4) is 0 Å². The van der Waals surface area contributed by atoms with Gasteiger partial charge in [0.05, 0.1) is 6.61 Å². The van der Waals surface area contributed by atoms with Gasteiger partial charge in [0.2, 0.25) is 0 Å². The third-order valence-corrected chi connectivity index (χ3v) is 3.09. The zero-order chi connectivity index (χ0) is 12.1. The van der Waals surface area contributed by atoms with Crippen molar-refractivity contribution in [2.75, 3.05) is 20.2 Å². The Labute approximate surface area is 98.3 Å². The fourth-order valence-corrected chi connectivity index (χ4v) is 2.27. The van der Waals surface area contributed by atoms with Crippen LogP contribution in [-0.4, -0.2) is 43.8 Å². The normalized spacial score (nSPS) is 13.7. The smallest absolute Gasteiger partial charge is 0.421 e. The first-order valence-electron chi connectivity index (χ1n) is 4.34. The lowest BCUT2D eigenvalue weighted by Crippen LogP contribution is -2.43. The molecule has 0 aromatic carbocycles. The molecule has 0 spiro atoms. The first kappa shape index (κ1) is 14.7. The summed E-state index contributed by atoms with van der Waals surface area (Å²) in [5, 5.41) is 0. The molecule has 15 heavy (non-hydrogen) atoms. The Bertz CT molecular complexity index is 304. The first-order chi connectivity index (χ1) is 6.79. The van der Waals surface area contributed by atoms with E-state index in [4.69, 9.17) is 0 Å². The molecule has 1 N–H and O–H groups in total. The number of nitrogens with one attached hydrogen (secondary N) is 1. The fraction of sp³-hybridized carbons (Fsp3) is 0.857. The highest BCUT2D eigenvalue weighted by molar-refractivity contribution is 9.09. The molecule has 0 radical (unpaired) electrons. The highest BCUT2D eigenvalue weighted by Gasteiger charge is 2.21. The van der Waals surface area contributed by atoms with Crippen molar-refractivity contribution in [1.82, 2.24) is 9.03 Å². The zero-order valence-corrected chi connectivity index (χ0v) is 11.3. The van der Waals surface area contributed by atoms with Crippen LogP contribution < -0.4 is 4.72 Å². The minimum absolute atomic E-state index is 0.00118. The van der Waals surface area contributed by atoms with E-state index in [0.717, 1.165) is 4.31 Å². The van der Waals surface area contributed by atoms with Gasteiger partial charge in [-0.25, -0.2) is 9.52 Å². The van der Waals surface area contributed by atoms with Gasteiger partial charge in [0.1, 0.15) is 0 Å². The number of hydrogen-bond acceptors (Lipinski definition) is 4. The third-order valence-electron chi connectivity index (χ3n) is 1.41. The number of carbonyl (C=O) groups is 1. The van der Waals surface area contributed by atoms with Crippen molar-refractivity contribution in [1.29, 1.82) is 0 Å². The molecule has 1 amide bonds. The summed E-state index contributed by atoms with van der Waals surface area (Å²) in [6.45, 7) is 3.78. The maximum absolute atomic E-state index is 11.4. The largest absolute Gasteiger partial charge is 0.449 e. The van der Waals surface area contributed by atoms with Gasteiger partial charge in [-0.15, -0.1) is 0 Å². The molecule has 0 aliphatic carbocycles. The average molecular weight is 303 g/mol. The van der Waals surface area contributed by atoms with Crippen LogP contribution in [0.2, 0.25) is 0 Å². The van der Waals surface area contributed by atoms with Crippen LogP contribution in [0.3, 0.4) is 0 Å². The Morgan fingerprint density at radius 3 is 2.53 bits per heavy atom. The Morgan fingerprint density at radius 1 is 1.60 bits per heavy atom. The van der Waals surface area contributed by atoms with E-state index in [0.29, 0.717) is 0 Å². The Balaban J connectivity index is 4.35. The molecule has 8 heteroatoms. The summed E-state index contributed by atoms with van der Waals surface area (Å²) in [5.74, 6) is 0. The molecule has 0 aromatic heterocycles. The molecule has 6 nitrogen and oxygen atoms in total. The van der Waals surface area contributed by atoms with E-state index in [1.807, 2.05) is 0 Å². The maximum Gasteiger partial charge on any atom is 0.421 e. The summed E-state index contributed by atoms with van der Waals surface area (Å²) in [4.78, 5) is 10.9. The van der Waals surface area contributed by atoms with E-state index >= 15 is 0 Å². The number of hydrogen-bond donors (Lipinski definition) is 1. The van der Waals surface area contributed by atoms with E-state index in [9.17, 15) is 13.2 Å². The van der Waals surface area contributed by atoms with Gasteiger partial charge in [0, 0.05) is 18.4 Å². The molecular formula is C7H15BrN2O4S. The topological polar surface area (TPSA) is 75.7 Å². The molecule has 0 saturated carbocycles. The van der Waals surface area contributed by atoms with Crippen LogP contribution in [0.15, 0.2) is 0 Å². The lowest BCUT2D eigenvalue weighted by molar-refractivity contribution is 0.158. The Hall–Kier alpha value is -0.340. The molecule has 0 saturated heterocycles. The second-order valence-corrected chi connectivity index (χ2v) is 6.23. The number of carbonyl (C=O) groups excluding carboxylic acids is 1. The molecule has 0 aromatic rings. The minimum atomic E-state index is -3.80. The molecule has 0 heterocycles. The van der Waals surface area contributed by atoms with Gasteiger partial charge in [-0.1, -0.05) is 22.9 Å². The molecule has 0 bridgehead atoms. The summed E-state index contributed by atoms with van der Waals surface area (Å²) in [5.41, 5.74) is 0. The molecular weight excluding hydrogens is 288 g/mol. The van der Waals surface area contributed by atoms with E-state index in [-0.39, 0.29) is 18.0 Å². The molecule has 0 fully saturated rings. The zero-order valence-electron chi connectivity index (χ0n) is 8.86. The second-order valence-electron chi connectivity index (χ2n) is 2.89. The molecule has 0 aliphatic rings. The maximum atomic E-state index is 11.4.